The number of hydrogen-bond acceptors (Lipinski definition) is 5. The molecule has 0 spiro atoms. The largest absolute Gasteiger partial charge is 0.409 e. The van der Waals surface area contributed by atoms with Crippen LogP contribution in [0.1, 0.15) is 17.7 Å². The van der Waals surface area contributed by atoms with Crippen molar-refractivity contribution in [3.8, 4) is 0 Å². The predicted molar refractivity (Wildman–Crippen MR) is 82.3 cm³/mol. The van der Waals surface area contributed by atoms with Gasteiger partial charge in [-0.15, -0.1) is 0 Å². The van der Waals surface area contributed by atoms with Crippen LogP contribution in [0, 0.1) is 6.92 Å². The summed E-state index contributed by atoms with van der Waals surface area (Å²) in [4.78, 5) is 10.7. The molecule has 3 N–H and O–H groups in total. The molecule has 0 aliphatic heterocycles. The smallest absolute Gasteiger partial charge is 0.140 e. The maximum absolute atomic E-state index is 8.67. The average molecular weight is 285 g/mol. The molecule has 0 amide bonds. The van der Waals surface area contributed by atoms with E-state index in [0.717, 1.165) is 17.1 Å². The van der Waals surface area contributed by atoms with Crippen LogP contribution < -0.4 is 10.6 Å². The third-order valence-electron chi connectivity index (χ3n) is 3.06. The fourth-order valence-corrected chi connectivity index (χ4v) is 1.99. The van der Waals surface area contributed by atoms with E-state index >= 15 is 0 Å². The molecule has 6 heteroatoms. The number of nitrogens with zero attached hydrogens (tertiary/aromatic N) is 4. The summed E-state index contributed by atoms with van der Waals surface area (Å²) in [5, 5.41) is 11.7. The third-order valence-corrected chi connectivity index (χ3v) is 3.06. The first-order valence-electron chi connectivity index (χ1n) is 6.73. The molecule has 2 aromatic heterocycles. The minimum Gasteiger partial charge on any atom is -0.409 e. The van der Waals surface area contributed by atoms with Crippen LogP contribution in [0.4, 0.5) is 5.82 Å². The van der Waals surface area contributed by atoms with Crippen LogP contribution in [0.2, 0.25) is 0 Å². The number of hydrogen-bond donors (Lipinski definition) is 2. The lowest BCUT2D eigenvalue weighted by Gasteiger charge is -2.23. The van der Waals surface area contributed by atoms with Crippen molar-refractivity contribution in [1.82, 2.24) is 9.97 Å². The lowest BCUT2D eigenvalue weighted by molar-refractivity contribution is 0.317. The monoisotopic (exact) mass is 285 g/mol. The molecule has 21 heavy (non-hydrogen) atoms. The SMILES string of the molecule is Cc1cccc(N(CC/C(N)=N/O)Cc2cccnc2)n1. The van der Waals surface area contributed by atoms with Gasteiger partial charge in [0.2, 0.25) is 0 Å². The van der Waals surface area contributed by atoms with Crippen molar-refractivity contribution < 1.29 is 5.21 Å². The van der Waals surface area contributed by atoms with Crippen molar-refractivity contribution in [2.75, 3.05) is 11.4 Å². The molecule has 0 aromatic carbocycles. The minimum atomic E-state index is 0.207. The molecular weight excluding hydrogens is 266 g/mol. The van der Waals surface area contributed by atoms with Crippen LogP contribution in [0.5, 0.6) is 0 Å². The van der Waals surface area contributed by atoms with Crippen LogP contribution in [-0.2, 0) is 6.54 Å². The molecule has 0 unspecified atom stereocenters. The number of nitrogens with two attached hydrogens (primary N) is 1. The van der Waals surface area contributed by atoms with Gasteiger partial charge in [-0.3, -0.25) is 4.98 Å². The maximum Gasteiger partial charge on any atom is 0.140 e. The van der Waals surface area contributed by atoms with Crippen molar-refractivity contribution in [3.63, 3.8) is 0 Å². The zero-order chi connectivity index (χ0) is 15.1. The van der Waals surface area contributed by atoms with Gasteiger partial charge in [0.15, 0.2) is 0 Å². The molecule has 2 aromatic rings. The second-order valence-electron chi connectivity index (χ2n) is 4.76. The summed E-state index contributed by atoms with van der Waals surface area (Å²) >= 11 is 0. The van der Waals surface area contributed by atoms with E-state index in [4.69, 9.17) is 10.9 Å². The second kappa shape index (κ2) is 7.23. The van der Waals surface area contributed by atoms with E-state index in [2.05, 4.69) is 20.0 Å². The van der Waals surface area contributed by atoms with E-state index in [0.29, 0.717) is 19.5 Å². The minimum absolute atomic E-state index is 0.207. The first kappa shape index (κ1) is 14.8. The van der Waals surface area contributed by atoms with Crippen LogP contribution in [0.25, 0.3) is 0 Å². The highest BCUT2D eigenvalue weighted by molar-refractivity contribution is 5.80. The second-order valence-corrected chi connectivity index (χ2v) is 4.76. The van der Waals surface area contributed by atoms with E-state index in [1.807, 2.05) is 43.5 Å². The lowest BCUT2D eigenvalue weighted by Crippen LogP contribution is -2.28. The highest BCUT2D eigenvalue weighted by atomic mass is 16.4. The van der Waals surface area contributed by atoms with Gasteiger partial charge >= 0.3 is 0 Å². The molecule has 0 bridgehead atoms. The van der Waals surface area contributed by atoms with Crippen molar-refractivity contribution in [1.29, 1.82) is 0 Å². The van der Waals surface area contributed by atoms with E-state index in [1.165, 1.54) is 0 Å². The standard InChI is InChI=1S/C15H19N5O/c1-12-4-2-6-15(18-12)20(9-7-14(16)19-21)11-13-5-3-8-17-10-13/h2-6,8,10,21H,7,9,11H2,1H3,(H2,16,19). The predicted octanol–water partition coefficient (Wildman–Crippen LogP) is 1.93. The Morgan fingerprint density at radius 2 is 2.19 bits per heavy atom. The van der Waals surface area contributed by atoms with Gasteiger partial charge in [0, 0.05) is 37.6 Å². The van der Waals surface area contributed by atoms with Crippen molar-refractivity contribution in [2.45, 2.75) is 19.9 Å². The van der Waals surface area contributed by atoms with Gasteiger partial charge in [0.05, 0.1) is 0 Å². The fraction of sp³-hybridized carbons (Fsp3) is 0.267. The summed E-state index contributed by atoms with van der Waals surface area (Å²) in [6.45, 7) is 3.24. The highest BCUT2D eigenvalue weighted by Crippen LogP contribution is 2.15. The number of aromatic nitrogens is 2. The number of aryl methyl sites for hydroxylation is 1. The molecule has 0 saturated carbocycles. The number of rotatable bonds is 6. The summed E-state index contributed by atoms with van der Waals surface area (Å²) in [7, 11) is 0. The van der Waals surface area contributed by atoms with Crippen molar-refractivity contribution in [2.24, 2.45) is 10.9 Å². The molecule has 0 radical (unpaired) electrons. The van der Waals surface area contributed by atoms with Gasteiger partial charge in [-0.1, -0.05) is 17.3 Å². The summed E-state index contributed by atoms with van der Waals surface area (Å²) in [5.41, 5.74) is 7.60. The molecule has 0 aliphatic rings. The van der Waals surface area contributed by atoms with Gasteiger partial charge in [-0.05, 0) is 30.7 Å². The van der Waals surface area contributed by atoms with Crippen molar-refractivity contribution >= 4 is 11.7 Å². The molecule has 6 nitrogen and oxygen atoms in total. The molecule has 110 valence electrons. The normalized spacial score (nSPS) is 11.4. The summed E-state index contributed by atoms with van der Waals surface area (Å²) < 4.78 is 0. The van der Waals surface area contributed by atoms with E-state index in [1.54, 1.807) is 6.20 Å². The van der Waals surface area contributed by atoms with Gasteiger partial charge in [0.1, 0.15) is 11.7 Å². The number of amidine groups is 1. The zero-order valence-corrected chi connectivity index (χ0v) is 12.0. The zero-order valence-electron chi connectivity index (χ0n) is 12.0. The van der Waals surface area contributed by atoms with Gasteiger partial charge in [-0.25, -0.2) is 4.98 Å². The first-order chi connectivity index (χ1) is 10.2. The van der Waals surface area contributed by atoms with E-state index < -0.39 is 0 Å². The topological polar surface area (TPSA) is 87.6 Å². The molecule has 0 saturated heterocycles. The lowest BCUT2D eigenvalue weighted by atomic mass is 10.2. The Bertz CT molecular complexity index is 600. The van der Waals surface area contributed by atoms with Gasteiger partial charge in [0.25, 0.3) is 0 Å². The molecule has 2 heterocycles. The number of pyridine rings is 2. The Labute approximate surface area is 123 Å². The Morgan fingerprint density at radius 3 is 2.86 bits per heavy atom. The summed E-state index contributed by atoms with van der Waals surface area (Å²) in [6.07, 6.45) is 4.04. The Hall–Kier alpha value is -2.63. The Morgan fingerprint density at radius 1 is 1.33 bits per heavy atom. The number of oxime groups is 1. The van der Waals surface area contributed by atoms with Crippen LogP contribution in [0.3, 0.4) is 0 Å². The van der Waals surface area contributed by atoms with E-state index in [-0.39, 0.29) is 5.84 Å². The summed E-state index contributed by atoms with van der Waals surface area (Å²) in [6, 6.07) is 9.79. The van der Waals surface area contributed by atoms with Crippen LogP contribution in [0.15, 0.2) is 47.9 Å². The molecular formula is C15H19N5O. The van der Waals surface area contributed by atoms with Crippen LogP contribution >= 0.6 is 0 Å². The van der Waals surface area contributed by atoms with Crippen molar-refractivity contribution in [3.05, 3.63) is 54.0 Å². The first-order valence-corrected chi connectivity index (χ1v) is 6.73. The molecule has 0 fully saturated rings. The van der Waals surface area contributed by atoms with Gasteiger partial charge in [-0.2, -0.15) is 0 Å². The molecule has 2 rings (SSSR count). The number of anilines is 1. The summed E-state index contributed by atoms with van der Waals surface area (Å²) in [5.74, 6) is 1.07. The fourth-order valence-electron chi connectivity index (χ4n) is 1.99. The Kier molecular flexibility index (Phi) is 5.09. The third kappa shape index (κ3) is 4.45. The molecule has 0 aliphatic carbocycles. The Balaban J connectivity index is 2.17. The van der Waals surface area contributed by atoms with Gasteiger partial charge < -0.3 is 15.8 Å². The quantitative estimate of drug-likeness (QED) is 0.366. The molecule has 0 atom stereocenters. The maximum atomic E-state index is 8.67. The van der Waals surface area contributed by atoms with E-state index in [9.17, 15) is 0 Å². The van der Waals surface area contributed by atoms with Crippen LogP contribution in [-0.4, -0.2) is 27.6 Å². The highest BCUT2D eigenvalue weighted by Gasteiger charge is 2.10. The average Bonchev–Trinajstić information content (AvgIpc) is 2.52.